The van der Waals surface area contributed by atoms with E-state index >= 15 is 0 Å². The van der Waals surface area contributed by atoms with Gasteiger partial charge in [-0.2, -0.15) is 5.10 Å². The molecule has 5 atom stereocenters. The number of rotatable bonds is 21. The molecule has 0 radical (unpaired) electrons. The van der Waals surface area contributed by atoms with Crippen LogP contribution < -0.4 is 21.4 Å². The van der Waals surface area contributed by atoms with E-state index in [9.17, 15) is 33.5 Å². The summed E-state index contributed by atoms with van der Waals surface area (Å²) in [5.74, 6) is -2.73. The monoisotopic (exact) mass is 711 g/mol. The molecule has 1 rings (SSSR count). The number of nitrogens with zero attached hydrogens (tertiary/aromatic N) is 3. The number of halogens is 1. The van der Waals surface area contributed by atoms with Gasteiger partial charge in [0.05, 0.1) is 36.8 Å². The number of ether oxygens (including phenoxy) is 1. The molecule has 0 aliphatic heterocycles. The zero-order chi connectivity index (χ0) is 38.1. The maximum Gasteiger partial charge on any atom is 0.428 e. The van der Waals surface area contributed by atoms with E-state index in [1.807, 2.05) is 68.4 Å². The van der Waals surface area contributed by atoms with E-state index in [0.29, 0.717) is 19.4 Å². The minimum atomic E-state index is -1.10. The number of aryl methyl sites for hydroxylation is 2. The first kappa shape index (κ1) is 44.3. The van der Waals surface area contributed by atoms with Crippen LogP contribution in [0.3, 0.4) is 0 Å². The third kappa shape index (κ3) is 15.9. The molecule has 0 saturated heterocycles. The van der Waals surface area contributed by atoms with Crippen molar-refractivity contribution in [1.82, 2.24) is 36.2 Å². The summed E-state index contributed by atoms with van der Waals surface area (Å²) >= 11 is 0. The molecule has 50 heavy (non-hydrogen) atoms. The minimum absolute atomic E-state index is 0.0212. The Kier molecular flexibility index (Phi) is 19.6. The van der Waals surface area contributed by atoms with Gasteiger partial charge in [0, 0.05) is 24.6 Å². The number of carbonyl (C=O) groups is 5. The molecule has 0 aliphatic rings. The number of carbonyl (C=O) groups excluding carboxylic acids is 5. The van der Waals surface area contributed by atoms with Crippen LogP contribution >= 0.6 is 0 Å². The lowest BCUT2D eigenvalue weighted by Gasteiger charge is -2.29. The fourth-order valence-electron chi connectivity index (χ4n) is 5.28. The summed E-state index contributed by atoms with van der Waals surface area (Å²) in [6.07, 6.45) is -1.52. The van der Waals surface area contributed by atoms with Crippen molar-refractivity contribution in [1.29, 1.82) is 0 Å². The van der Waals surface area contributed by atoms with Gasteiger partial charge in [0.25, 0.3) is 0 Å². The molecule has 0 saturated carbocycles. The Morgan fingerprint density at radius 2 is 1.62 bits per heavy atom. The molecule has 0 spiro atoms. The molecule has 1 aromatic heterocycles. The van der Waals surface area contributed by atoms with E-state index in [0.717, 1.165) is 16.4 Å². The van der Waals surface area contributed by atoms with Crippen molar-refractivity contribution < 1.29 is 38.2 Å². The summed E-state index contributed by atoms with van der Waals surface area (Å²) < 4.78 is 19.4. The van der Waals surface area contributed by atoms with Gasteiger partial charge in [0.2, 0.25) is 23.6 Å². The molecule has 0 aliphatic carbocycles. The Morgan fingerprint density at radius 3 is 2.14 bits per heavy atom. The summed E-state index contributed by atoms with van der Waals surface area (Å²) in [7, 11) is 0. The van der Waals surface area contributed by atoms with Crippen LogP contribution in [-0.2, 0) is 30.5 Å². The topological polar surface area (TPSA) is 184 Å². The van der Waals surface area contributed by atoms with Crippen LogP contribution in [0.4, 0.5) is 9.18 Å². The first-order chi connectivity index (χ1) is 23.4. The number of hydrogen-bond donors (Lipinski definition) is 5. The van der Waals surface area contributed by atoms with E-state index in [1.54, 1.807) is 11.6 Å². The van der Waals surface area contributed by atoms with E-state index in [2.05, 4.69) is 26.5 Å². The molecule has 0 aromatic carbocycles. The molecule has 286 valence electrons. The lowest BCUT2D eigenvalue weighted by molar-refractivity contribution is -0.132. The van der Waals surface area contributed by atoms with E-state index < -0.39 is 67.1 Å². The molecule has 0 fully saturated rings. The van der Waals surface area contributed by atoms with Crippen LogP contribution in [0.5, 0.6) is 0 Å². The largest absolute Gasteiger partial charge is 0.445 e. The van der Waals surface area contributed by atoms with Gasteiger partial charge in [-0.1, -0.05) is 55.4 Å². The van der Waals surface area contributed by atoms with Crippen molar-refractivity contribution in [3.63, 3.8) is 0 Å². The summed E-state index contributed by atoms with van der Waals surface area (Å²) in [5.41, 5.74) is 4.21. The van der Waals surface area contributed by atoms with Gasteiger partial charge in [-0.15, -0.1) is 0 Å². The number of aliphatic hydroxyl groups excluding tert-OH is 1. The summed E-state index contributed by atoms with van der Waals surface area (Å²) in [5, 5.41) is 24.9. The maximum atomic E-state index is 13.2. The highest BCUT2D eigenvalue weighted by Gasteiger charge is 2.31. The van der Waals surface area contributed by atoms with Crippen molar-refractivity contribution in [2.24, 2.45) is 29.6 Å². The van der Waals surface area contributed by atoms with Crippen LogP contribution in [0.25, 0.3) is 0 Å². The van der Waals surface area contributed by atoms with Gasteiger partial charge in [-0.05, 0) is 56.9 Å². The van der Waals surface area contributed by atoms with E-state index in [-0.39, 0.29) is 49.6 Å². The summed E-state index contributed by atoms with van der Waals surface area (Å²) in [6, 6.07) is 0.430. The van der Waals surface area contributed by atoms with E-state index in [1.165, 1.54) is 0 Å². The SMILES string of the molecule is CCC(Cn1nc(C)cc1C)C(=O)NN(CCC(=O)NC(CC(C)C)C(O)CC(C)C(=O)NC(C(=O)NCC(C)C)C(C)C)C(=O)OCCF. The zero-order valence-corrected chi connectivity index (χ0v) is 31.7. The average molecular weight is 712 g/mol. The van der Waals surface area contributed by atoms with Crippen molar-refractivity contribution in [3.8, 4) is 0 Å². The van der Waals surface area contributed by atoms with Gasteiger partial charge in [-0.3, -0.25) is 29.3 Å². The van der Waals surface area contributed by atoms with Crippen LogP contribution in [0.2, 0.25) is 0 Å². The standard InChI is InChI=1S/C35H62FN7O7/c1-11-27(20-43-26(10)18-25(9)40-43)33(47)41-42(35(49)50-15-13-36)14-12-30(45)38-28(16-21(2)3)29(44)17-24(8)32(46)39-31(23(6)7)34(48)37-19-22(4)5/h18,21-24,27-29,31,44H,11-17,19-20H2,1-10H3,(H,37,48)(H,38,45)(H,39,46)(H,41,47). The molecule has 15 heteroatoms. The summed E-state index contributed by atoms with van der Waals surface area (Å²) in [6.45, 7) is 17.7. The molecular formula is C35H62FN7O7. The second-order valence-electron chi connectivity index (χ2n) is 14.3. The molecule has 14 nitrogen and oxygen atoms in total. The quantitative estimate of drug-likeness (QED) is 0.121. The number of amides is 5. The maximum absolute atomic E-state index is 13.2. The Balaban J connectivity index is 2.94. The predicted octanol–water partition coefficient (Wildman–Crippen LogP) is 3.19. The third-order valence-electron chi connectivity index (χ3n) is 8.20. The molecule has 1 heterocycles. The van der Waals surface area contributed by atoms with Crippen molar-refractivity contribution in [3.05, 3.63) is 17.5 Å². The van der Waals surface area contributed by atoms with Gasteiger partial charge in [0.1, 0.15) is 19.3 Å². The zero-order valence-electron chi connectivity index (χ0n) is 31.7. The first-order valence-electron chi connectivity index (χ1n) is 17.8. The molecule has 1 aromatic rings. The lowest BCUT2D eigenvalue weighted by atomic mass is 9.92. The van der Waals surface area contributed by atoms with Gasteiger partial charge >= 0.3 is 6.09 Å². The Morgan fingerprint density at radius 1 is 0.960 bits per heavy atom. The number of alkyl halides is 1. The smallest absolute Gasteiger partial charge is 0.428 e. The van der Waals surface area contributed by atoms with Crippen molar-refractivity contribution in [2.45, 2.75) is 120 Å². The molecule has 5 unspecified atom stereocenters. The fourth-order valence-corrected chi connectivity index (χ4v) is 5.28. The van der Waals surface area contributed by atoms with Gasteiger partial charge in [-0.25, -0.2) is 14.2 Å². The second-order valence-corrected chi connectivity index (χ2v) is 14.3. The average Bonchev–Trinajstić information content (AvgIpc) is 3.36. The predicted molar refractivity (Wildman–Crippen MR) is 188 cm³/mol. The molecule has 5 amide bonds. The number of aromatic nitrogens is 2. The van der Waals surface area contributed by atoms with Crippen LogP contribution in [-0.4, -0.2) is 94.2 Å². The lowest BCUT2D eigenvalue weighted by Crippen LogP contribution is -2.52. The Bertz CT molecular complexity index is 1240. The molecular weight excluding hydrogens is 649 g/mol. The fraction of sp³-hybridized carbons (Fsp3) is 0.771. The first-order valence-corrected chi connectivity index (χ1v) is 17.8. The van der Waals surface area contributed by atoms with Crippen molar-refractivity contribution in [2.75, 3.05) is 26.4 Å². The number of nitrogens with one attached hydrogen (secondary N) is 4. The van der Waals surface area contributed by atoms with Crippen LogP contribution in [0.1, 0.15) is 92.5 Å². The summed E-state index contributed by atoms with van der Waals surface area (Å²) in [4.78, 5) is 64.9. The minimum Gasteiger partial charge on any atom is -0.445 e. The van der Waals surface area contributed by atoms with Crippen molar-refractivity contribution >= 4 is 29.7 Å². The Labute approximate surface area is 297 Å². The molecule has 5 N–H and O–H groups in total. The highest BCUT2D eigenvalue weighted by atomic mass is 19.1. The van der Waals surface area contributed by atoms with Crippen LogP contribution in [0, 0.1) is 43.4 Å². The van der Waals surface area contributed by atoms with Gasteiger partial charge in [0.15, 0.2) is 0 Å². The molecule has 0 bridgehead atoms. The second kappa shape index (κ2) is 22.1. The number of hydrogen-bond acceptors (Lipinski definition) is 8. The van der Waals surface area contributed by atoms with Crippen LogP contribution in [0.15, 0.2) is 6.07 Å². The Hall–Kier alpha value is -3.75. The number of hydrazine groups is 1. The van der Waals surface area contributed by atoms with Gasteiger partial charge < -0.3 is 25.8 Å². The third-order valence-corrected chi connectivity index (χ3v) is 8.20. The number of aliphatic hydroxyl groups is 1. The highest BCUT2D eigenvalue weighted by Crippen LogP contribution is 2.17. The normalized spacial score (nSPS) is 14.5. The van der Waals surface area contributed by atoms with E-state index in [4.69, 9.17) is 4.74 Å². The highest BCUT2D eigenvalue weighted by molar-refractivity contribution is 5.88.